The van der Waals surface area contributed by atoms with Crippen molar-refractivity contribution in [2.45, 2.75) is 25.4 Å². The van der Waals surface area contributed by atoms with E-state index in [4.69, 9.17) is 4.42 Å². The Morgan fingerprint density at radius 2 is 2.06 bits per heavy atom. The van der Waals surface area contributed by atoms with Gasteiger partial charge in [0, 0.05) is 22.6 Å². The Bertz CT molecular complexity index is 502. The number of hydrogen-bond acceptors (Lipinski definition) is 3. The lowest BCUT2D eigenvalue weighted by molar-refractivity contribution is 0.569. The zero-order chi connectivity index (χ0) is 11.7. The van der Waals surface area contributed by atoms with E-state index in [0.717, 1.165) is 28.0 Å². The fraction of sp³-hybridized carbons (Fsp3) is 0.308. The first-order valence-corrected chi connectivity index (χ1v) is 6.54. The van der Waals surface area contributed by atoms with Crippen LogP contribution in [0.4, 0.5) is 0 Å². The lowest BCUT2D eigenvalue weighted by Gasteiger charge is -2.02. The van der Waals surface area contributed by atoms with E-state index in [1.54, 1.807) is 0 Å². The maximum atomic E-state index is 5.48. The molecule has 88 valence electrons. The van der Waals surface area contributed by atoms with Gasteiger partial charge in [0.2, 0.25) is 0 Å². The van der Waals surface area contributed by atoms with Crippen molar-refractivity contribution in [1.82, 2.24) is 10.3 Å². The zero-order valence-corrected chi connectivity index (χ0v) is 10.9. The van der Waals surface area contributed by atoms with Gasteiger partial charge in [-0.2, -0.15) is 0 Å². The standard InChI is InChI=1S/C13H13BrN2O/c14-10-3-1-9(2-4-10)13-12(16-8-17-13)7-15-11-5-6-11/h1-4,8,11,15H,5-7H2. The second kappa shape index (κ2) is 4.63. The topological polar surface area (TPSA) is 38.1 Å². The summed E-state index contributed by atoms with van der Waals surface area (Å²) in [6.45, 7) is 0.784. The van der Waals surface area contributed by atoms with Crippen molar-refractivity contribution < 1.29 is 4.42 Å². The maximum absolute atomic E-state index is 5.48. The van der Waals surface area contributed by atoms with Gasteiger partial charge in [-0.25, -0.2) is 4.98 Å². The second-order valence-electron chi connectivity index (χ2n) is 4.29. The Kier molecular flexibility index (Phi) is 2.99. The highest BCUT2D eigenvalue weighted by Crippen LogP contribution is 2.26. The fourth-order valence-corrected chi connectivity index (χ4v) is 2.02. The molecule has 0 bridgehead atoms. The van der Waals surface area contributed by atoms with Crippen LogP contribution in [0.15, 0.2) is 39.5 Å². The largest absolute Gasteiger partial charge is 0.443 e. The van der Waals surface area contributed by atoms with Crippen LogP contribution in [-0.2, 0) is 6.54 Å². The second-order valence-corrected chi connectivity index (χ2v) is 5.21. The summed E-state index contributed by atoms with van der Waals surface area (Å²) in [4.78, 5) is 4.27. The number of halogens is 1. The zero-order valence-electron chi connectivity index (χ0n) is 9.32. The molecule has 0 aliphatic heterocycles. The van der Waals surface area contributed by atoms with E-state index in [-0.39, 0.29) is 0 Å². The molecule has 3 nitrogen and oxygen atoms in total. The highest BCUT2D eigenvalue weighted by Gasteiger charge is 2.21. The molecule has 17 heavy (non-hydrogen) atoms. The first-order valence-electron chi connectivity index (χ1n) is 5.74. The molecule has 0 spiro atoms. The van der Waals surface area contributed by atoms with Gasteiger partial charge in [-0.05, 0) is 25.0 Å². The Labute approximate surface area is 108 Å². The smallest absolute Gasteiger partial charge is 0.181 e. The van der Waals surface area contributed by atoms with E-state index < -0.39 is 0 Å². The van der Waals surface area contributed by atoms with Gasteiger partial charge in [0.15, 0.2) is 12.2 Å². The quantitative estimate of drug-likeness (QED) is 0.939. The number of aromatic nitrogens is 1. The summed E-state index contributed by atoms with van der Waals surface area (Å²) in [5.41, 5.74) is 2.05. The first-order chi connectivity index (χ1) is 8.33. The van der Waals surface area contributed by atoms with Crippen LogP contribution in [0, 0.1) is 0 Å². The third-order valence-electron chi connectivity index (χ3n) is 2.88. The molecule has 0 atom stereocenters. The summed E-state index contributed by atoms with van der Waals surface area (Å²) in [5, 5.41) is 3.45. The van der Waals surface area contributed by atoms with Crippen molar-refractivity contribution in [2.24, 2.45) is 0 Å². The molecule has 0 saturated heterocycles. The number of oxazole rings is 1. The lowest BCUT2D eigenvalue weighted by atomic mass is 10.1. The minimum atomic E-state index is 0.685. The van der Waals surface area contributed by atoms with Gasteiger partial charge in [0.05, 0.1) is 0 Å². The average Bonchev–Trinajstić information content (AvgIpc) is 3.06. The molecule has 0 unspecified atom stereocenters. The molecule has 1 aromatic heterocycles. The first kappa shape index (κ1) is 11.0. The van der Waals surface area contributed by atoms with Gasteiger partial charge in [0.25, 0.3) is 0 Å². The molecule has 1 N–H and O–H groups in total. The third kappa shape index (κ3) is 2.58. The van der Waals surface area contributed by atoms with Crippen LogP contribution in [0.5, 0.6) is 0 Å². The molecule has 1 saturated carbocycles. The van der Waals surface area contributed by atoms with Crippen molar-refractivity contribution in [2.75, 3.05) is 0 Å². The Morgan fingerprint density at radius 1 is 1.29 bits per heavy atom. The average molecular weight is 293 g/mol. The molecule has 1 aromatic carbocycles. The maximum Gasteiger partial charge on any atom is 0.181 e. The van der Waals surface area contributed by atoms with E-state index >= 15 is 0 Å². The van der Waals surface area contributed by atoms with Gasteiger partial charge >= 0.3 is 0 Å². The molecule has 0 amide bonds. The van der Waals surface area contributed by atoms with E-state index in [9.17, 15) is 0 Å². The van der Waals surface area contributed by atoms with Crippen molar-refractivity contribution in [3.05, 3.63) is 40.8 Å². The van der Waals surface area contributed by atoms with Crippen LogP contribution in [0.1, 0.15) is 18.5 Å². The van der Waals surface area contributed by atoms with Crippen LogP contribution in [-0.4, -0.2) is 11.0 Å². The number of nitrogens with one attached hydrogen (secondary N) is 1. The molecule has 2 aromatic rings. The number of nitrogens with zero attached hydrogens (tertiary/aromatic N) is 1. The van der Waals surface area contributed by atoms with Gasteiger partial charge in [-0.1, -0.05) is 28.1 Å². The normalized spacial score (nSPS) is 15.1. The monoisotopic (exact) mass is 292 g/mol. The third-order valence-corrected chi connectivity index (χ3v) is 3.41. The molecule has 0 radical (unpaired) electrons. The van der Waals surface area contributed by atoms with E-state index in [1.807, 2.05) is 24.3 Å². The van der Waals surface area contributed by atoms with Crippen molar-refractivity contribution >= 4 is 15.9 Å². The predicted molar refractivity (Wildman–Crippen MR) is 69.5 cm³/mol. The molecule has 1 heterocycles. The van der Waals surface area contributed by atoms with Crippen molar-refractivity contribution in [3.8, 4) is 11.3 Å². The predicted octanol–water partition coefficient (Wildman–Crippen LogP) is 3.36. The Hall–Kier alpha value is -1.13. The van der Waals surface area contributed by atoms with Gasteiger partial charge in [0.1, 0.15) is 5.69 Å². The van der Waals surface area contributed by atoms with Crippen molar-refractivity contribution in [3.63, 3.8) is 0 Å². The number of rotatable bonds is 4. The molecule has 1 aliphatic rings. The summed E-state index contributed by atoms with van der Waals surface area (Å²) < 4.78 is 6.54. The molecular weight excluding hydrogens is 280 g/mol. The van der Waals surface area contributed by atoms with Gasteiger partial charge in [-0.15, -0.1) is 0 Å². The number of benzene rings is 1. The van der Waals surface area contributed by atoms with Gasteiger partial charge < -0.3 is 9.73 Å². The highest BCUT2D eigenvalue weighted by atomic mass is 79.9. The van der Waals surface area contributed by atoms with E-state index in [0.29, 0.717) is 6.04 Å². The molecular formula is C13H13BrN2O. The molecule has 1 aliphatic carbocycles. The minimum Gasteiger partial charge on any atom is -0.443 e. The van der Waals surface area contributed by atoms with E-state index in [1.165, 1.54) is 19.2 Å². The van der Waals surface area contributed by atoms with Gasteiger partial charge in [-0.3, -0.25) is 0 Å². The Balaban J connectivity index is 1.81. The highest BCUT2D eigenvalue weighted by molar-refractivity contribution is 9.10. The summed E-state index contributed by atoms with van der Waals surface area (Å²) in [6, 6.07) is 8.77. The minimum absolute atomic E-state index is 0.685. The molecule has 3 rings (SSSR count). The van der Waals surface area contributed by atoms with E-state index in [2.05, 4.69) is 26.2 Å². The van der Waals surface area contributed by atoms with Crippen LogP contribution >= 0.6 is 15.9 Å². The SMILES string of the molecule is Brc1ccc(-c2ocnc2CNC2CC2)cc1. The summed E-state index contributed by atoms with van der Waals surface area (Å²) in [6.07, 6.45) is 4.08. The van der Waals surface area contributed by atoms with Crippen LogP contribution < -0.4 is 5.32 Å². The summed E-state index contributed by atoms with van der Waals surface area (Å²) >= 11 is 3.43. The van der Waals surface area contributed by atoms with Crippen LogP contribution in [0.2, 0.25) is 0 Å². The van der Waals surface area contributed by atoms with Crippen molar-refractivity contribution in [1.29, 1.82) is 0 Å². The Morgan fingerprint density at radius 3 is 2.76 bits per heavy atom. The number of hydrogen-bond donors (Lipinski definition) is 1. The molecule has 4 heteroatoms. The lowest BCUT2D eigenvalue weighted by Crippen LogP contribution is -2.15. The summed E-state index contributed by atoms with van der Waals surface area (Å²) in [5.74, 6) is 0.866. The van der Waals surface area contributed by atoms with Crippen LogP contribution in [0.3, 0.4) is 0 Å². The summed E-state index contributed by atoms with van der Waals surface area (Å²) in [7, 11) is 0. The van der Waals surface area contributed by atoms with Crippen LogP contribution in [0.25, 0.3) is 11.3 Å². The fourth-order valence-electron chi connectivity index (χ4n) is 1.76. The molecule has 1 fully saturated rings.